The highest BCUT2D eigenvalue weighted by molar-refractivity contribution is 5.39. The van der Waals surface area contributed by atoms with Crippen molar-refractivity contribution < 1.29 is 9.53 Å². The van der Waals surface area contributed by atoms with Crippen LogP contribution in [0.4, 0.5) is 0 Å². The molecule has 1 atom stereocenters. The van der Waals surface area contributed by atoms with Crippen LogP contribution >= 0.6 is 0 Å². The molecule has 82 valence electrons. The Balaban J connectivity index is 2.97. The number of carbonyl (C=O) groups excluding carboxylic acids is 1. The van der Waals surface area contributed by atoms with E-state index in [1.165, 1.54) is 6.08 Å². The third-order valence-electron chi connectivity index (χ3n) is 1.85. The minimum Gasteiger partial charge on any atom is -0.491 e. The number of benzene rings is 1. The van der Waals surface area contributed by atoms with Crippen LogP contribution in [0.1, 0.15) is 25.5 Å². The van der Waals surface area contributed by atoms with Gasteiger partial charge in [-0.2, -0.15) is 10.3 Å². The molecule has 1 aromatic carbocycles. The van der Waals surface area contributed by atoms with Crippen LogP contribution in [0.15, 0.2) is 29.3 Å². The fourth-order valence-electron chi connectivity index (χ4n) is 1.26. The van der Waals surface area contributed by atoms with E-state index in [9.17, 15) is 4.79 Å². The van der Waals surface area contributed by atoms with Gasteiger partial charge < -0.3 is 4.74 Å². The van der Waals surface area contributed by atoms with Gasteiger partial charge in [0.25, 0.3) is 0 Å². The first-order valence-electron chi connectivity index (χ1n) is 4.90. The zero-order chi connectivity index (χ0) is 12.0. The molecule has 0 saturated carbocycles. The van der Waals surface area contributed by atoms with Gasteiger partial charge in [0.2, 0.25) is 6.08 Å². The molecule has 0 bridgehead atoms. The average Bonchev–Trinajstić information content (AvgIpc) is 2.25. The fraction of sp³-hybridized carbons (Fsp3) is 0.333. The molecule has 0 radical (unpaired) electrons. The molecule has 0 spiro atoms. The lowest BCUT2D eigenvalue weighted by Gasteiger charge is -2.11. The molecule has 16 heavy (non-hydrogen) atoms. The topological polar surface area (TPSA) is 62.4 Å². The van der Waals surface area contributed by atoms with Crippen molar-refractivity contribution in [3.63, 3.8) is 0 Å². The van der Waals surface area contributed by atoms with Gasteiger partial charge in [0.15, 0.2) is 6.04 Å². The van der Waals surface area contributed by atoms with E-state index in [1.54, 1.807) is 24.3 Å². The largest absolute Gasteiger partial charge is 0.491 e. The summed E-state index contributed by atoms with van der Waals surface area (Å²) in [5.74, 6) is 0.661. The molecule has 1 rings (SSSR count). The minimum absolute atomic E-state index is 0.0605. The van der Waals surface area contributed by atoms with E-state index in [0.717, 1.165) is 0 Å². The summed E-state index contributed by atoms with van der Waals surface area (Å²) in [7, 11) is 0. The Labute approximate surface area is 94.2 Å². The van der Waals surface area contributed by atoms with Crippen molar-refractivity contribution in [2.75, 3.05) is 0 Å². The molecular formula is C12H12N2O2. The van der Waals surface area contributed by atoms with Crippen LogP contribution < -0.4 is 4.74 Å². The Hall–Kier alpha value is -2.11. The van der Waals surface area contributed by atoms with Crippen molar-refractivity contribution in [3.05, 3.63) is 29.8 Å². The number of ether oxygens (including phenoxy) is 1. The molecule has 0 saturated heterocycles. The van der Waals surface area contributed by atoms with E-state index in [-0.39, 0.29) is 6.10 Å². The highest BCUT2D eigenvalue weighted by Gasteiger charge is 2.09. The van der Waals surface area contributed by atoms with Crippen molar-refractivity contribution in [1.82, 2.24) is 0 Å². The maximum Gasteiger partial charge on any atom is 0.236 e. The van der Waals surface area contributed by atoms with Gasteiger partial charge in [-0.3, -0.25) is 0 Å². The maximum atomic E-state index is 10.1. The molecule has 0 aliphatic heterocycles. The van der Waals surface area contributed by atoms with Gasteiger partial charge in [0, 0.05) is 0 Å². The second kappa shape index (κ2) is 5.69. The zero-order valence-electron chi connectivity index (χ0n) is 9.18. The number of rotatable bonds is 4. The molecule has 0 aliphatic carbocycles. The van der Waals surface area contributed by atoms with Gasteiger partial charge in [-0.1, -0.05) is 12.1 Å². The average molecular weight is 216 g/mol. The monoisotopic (exact) mass is 216 g/mol. The molecular weight excluding hydrogens is 204 g/mol. The molecule has 0 heterocycles. The summed E-state index contributed by atoms with van der Waals surface area (Å²) >= 11 is 0. The first kappa shape index (κ1) is 12.0. The normalized spacial score (nSPS) is 11.4. The summed E-state index contributed by atoms with van der Waals surface area (Å²) in [6.07, 6.45) is 1.45. The van der Waals surface area contributed by atoms with Gasteiger partial charge in [-0.05, 0) is 31.5 Å². The first-order chi connectivity index (χ1) is 7.67. The van der Waals surface area contributed by atoms with Crippen molar-refractivity contribution in [2.24, 2.45) is 4.99 Å². The van der Waals surface area contributed by atoms with Gasteiger partial charge in [0.05, 0.1) is 12.2 Å². The van der Waals surface area contributed by atoms with Gasteiger partial charge >= 0.3 is 0 Å². The molecule has 1 unspecified atom stereocenters. The molecule has 4 nitrogen and oxygen atoms in total. The lowest BCUT2D eigenvalue weighted by atomic mass is 10.1. The highest BCUT2D eigenvalue weighted by Crippen LogP contribution is 2.21. The second-order valence-electron chi connectivity index (χ2n) is 3.49. The first-order valence-corrected chi connectivity index (χ1v) is 4.90. The quantitative estimate of drug-likeness (QED) is 0.573. The Morgan fingerprint density at radius 3 is 2.75 bits per heavy atom. The van der Waals surface area contributed by atoms with Crippen LogP contribution in [0.3, 0.4) is 0 Å². The van der Waals surface area contributed by atoms with E-state index in [4.69, 9.17) is 10.00 Å². The number of isocyanates is 1. The lowest BCUT2D eigenvalue weighted by Crippen LogP contribution is -2.05. The molecule has 0 N–H and O–H groups in total. The van der Waals surface area contributed by atoms with Gasteiger partial charge in [-0.25, -0.2) is 4.79 Å². The Kier molecular flexibility index (Phi) is 4.26. The van der Waals surface area contributed by atoms with Crippen LogP contribution in [0.25, 0.3) is 0 Å². The molecule has 0 fully saturated rings. The Bertz CT molecular complexity index is 443. The number of nitrogens with zero attached hydrogens (tertiary/aromatic N) is 2. The van der Waals surface area contributed by atoms with Crippen LogP contribution in [0, 0.1) is 11.3 Å². The maximum absolute atomic E-state index is 10.1. The number of hydrogen-bond donors (Lipinski definition) is 0. The third-order valence-corrected chi connectivity index (χ3v) is 1.85. The van der Waals surface area contributed by atoms with E-state index >= 15 is 0 Å². The predicted molar refractivity (Wildman–Crippen MR) is 58.7 cm³/mol. The third kappa shape index (κ3) is 3.23. The Morgan fingerprint density at radius 2 is 2.19 bits per heavy atom. The van der Waals surface area contributed by atoms with Crippen molar-refractivity contribution in [2.45, 2.75) is 26.0 Å². The zero-order valence-corrected chi connectivity index (χ0v) is 9.18. The summed E-state index contributed by atoms with van der Waals surface area (Å²) in [6.45, 7) is 3.83. The van der Waals surface area contributed by atoms with E-state index in [1.807, 2.05) is 19.9 Å². The Morgan fingerprint density at radius 1 is 1.44 bits per heavy atom. The minimum atomic E-state index is -0.812. The number of aliphatic imine (C=N–C) groups is 1. The van der Waals surface area contributed by atoms with Crippen LogP contribution in [-0.4, -0.2) is 12.2 Å². The van der Waals surface area contributed by atoms with E-state index < -0.39 is 6.04 Å². The fourth-order valence-corrected chi connectivity index (χ4v) is 1.26. The summed E-state index contributed by atoms with van der Waals surface area (Å²) in [5.41, 5.74) is 0.629. The van der Waals surface area contributed by atoms with Crippen LogP contribution in [0.5, 0.6) is 5.75 Å². The lowest BCUT2D eigenvalue weighted by molar-refractivity contribution is 0.242. The van der Waals surface area contributed by atoms with E-state index in [0.29, 0.717) is 11.3 Å². The summed E-state index contributed by atoms with van der Waals surface area (Å²) in [4.78, 5) is 13.5. The molecule has 0 amide bonds. The molecule has 0 aromatic heterocycles. The molecule has 0 aliphatic rings. The summed E-state index contributed by atoms with van der Waals surface area (Å²) < 4.78 is 5.48. The summed E-state index contributed by atoms with van der Waals surface area (Å²) in [5, 5.41) is 8.82. The van der Waals surface area contributed by atoms with Gasteiger partial charge in [-0.15, -0.1) is 0 Å². The second-order valence-corrected chi connectivity index (χ2v) is 3.49. The molecule has 4 heteroatoms. The predicted octanol–water partition coefficient (Wildman–Crippen LogP) is 2.37. The van der Waals surface area contributed by atoms with E-state index in [2.05, 4.69) is 4.99 Å². The van der Waals surface area contributed by atoms with Crippen LogP contribution in [-0.2, 0) is 4.79 Å². The van der Waals surface area contributed by atoms with Crippen LogP contribution in [0.2, 0.25) is 0 Å². The van der Waals surface area contributed by atoms with Crippen molar-refractivity contribution in [3.8, 4) is 11.8 Å². The SMILES string of the molecule is CC(C)Oc1cccc(C(C#N)N=C=O)c1. The van der Waals surface area contributed by atoms with Crippen molar-refractivity contribution >= 4 is 6.08 Å². The molecule has 1 aromatic rings. The summed E-state index contributed by atoms with van der Waals surface area (Å²) in [6, 6.07) is 8.09. The standard InChI is InChI=1S/C12H12N2O2/c1-9(2)16-11-5-3-4-10(6-11)12(7-13)14-8-15/h3-6,9,12H,1-2H3. The number of hydrogen-bond acceptors (Lipinski definition) is 4. The van der Waals surface area contributed by atoms with Crippen molar-refractivity contribution in [1.29, 1.82) is 5.26 Å². The number of nitriles is 1. The van der Waals surface area contributed by atoms with Gasteiger partial charge in [0.1, 0.15) is 5.75 Å². The smallest absolute Gasteiger partial charge is 0.236 e. The highest BCUT2D eigenvalue weighted by atomic mass is 16.5.